The van der Waals surface area contributed by atoms with Crippen molar-refractivity contribution >= 4 is 0 Å². The van der Waals surface area contributed by atoms with Crippen LogP contribution in [0, 0.1) is 5.92 Å². The van der Waals surface area contributed by atoms with Crippen LogP contribution in [0.3, 0.4) is 0 Å². The number of hydrogen-bond acceptors (Lipinski definition) is 3. The molecule has 1 N–H and O–H groups in total. The van der Waals surface area contributed by atoms with Gasteiger partial charge >= 0.3 is 0 Å². The molecule has 1 aliphatic heterocycles. The summed E-state index contributed by atoms with van der Waals surface area (Å²) in [6, 6.07) is 7.08. The number of β-amino-alcohol motifs (C(OH)–C–C–N with tert-alkyl or cyclic N) is 1. The van der Waals surface area contributed by atoms with E-state index in [0.717, 1.165) is 25.1 Å². The lowest BCUT2D eigenvalue weighted by Crippen LogP contribution is -2.71. The summed E-state index contributed by atoms with van der Waals surface area (Å²) < 4.78 is 5.49. The Labute approximate surface area is 133 Å². The third-order valence-corrected chi connectivity index (χ3v) is 6.74. The normalized spacial score (nSPS) is 40.7. The van der Waals surface area contributed by atoms with Crippen LogP contribution >= 0.6 is 0 Å². The minimum Gasteiger partial charge on any atom is -0.497 e. The van der Waals surface area contributed by atoms with E-state index in [1.54, 1.807) is 7.11 Å². The van der Waals surface area contributed by atoms with Gasteiger partial charge in [-0.15, -0.1) is 0 Å². The molecule has 0 spiro atoms. The Morgan fingerprint density at radius 1 is 1.32 bits per heavy atom. The summed E-state index contributed by atoms with van der Waals surface area (Å²) in [6.45, 7) is 2.83. The highest BCUT2D eigenvalue weighted by molar-refractivity contribution is 5.48. The van der Waals surface area contributed by atoms with Gasteiger partial charge in [-0.3, -0.25) is 4.90 Å². The van der Waals surface area contributed by atoms with Gasteiger partial charge in [0.15, 0.2) is 0 Å². The summed E-state index contributed by atoms with van der Waals surface area (Å²) in [4.78, 5) is 2.40. The van der Waals surface area contributed by atoms with Crippen molar-refractivity contribution in [3.05, 3.63) is 29.3 Å². The van der Waals surface area contributed by atoms with Gasteiger partial charge in [0.2, 0.25) is 0 Å². The first-order valence-electron chi connectivity index (χ1n) is 8.59. The molecule has 2 fully saturated rings. The number of ether oxygens (including phenoxy) is 1. The Balaban J connectivity index is 1.97. The number of hydrogen-bond donors (Lipinski definition) is 1. The lowest BCUT2D eigenvalue weighted by Gasteiger charge is -2.64. The summed E-state index contributed by atoms with van der Waals surface area (Å²) in [6.07, 6.45) is 5.97. The molecule has 2 aliphatic carbocycles. The van der Waals surface area contributed by atoms with Crippen LogP contribution in [-0.4, -0.2) is 42.4 Å². The number of benzene rings is 1. The highest BCUT2D eigenvalue weighted by atomic mass is 16.5. The van der Waals surface area contributed by atoms with E-state index < -0.39 is 5.60 Å². The highest BCUT2D eigenvalue weighted by Crippen LogP contribution is 2.59. The predicted octanol–water partition coefficient (Wildman–Crippen LogP) is 2.74. The number of fused-ring (bicyclic) bond motifs is 1. The third-order valence-electron chi connectivity index (χ3n) is 6.74. The maximum absolute atomic E-state index is 11.5. The molecule has 1 aromatic rings. The lowest BCUT2D eigenvalue weighted by atomic mass is 9.47. The van der Waals surface area contributed by atoms with E-state index in [1.807, 2.05) is 0 Å². The lowest BCUT2D eigenvalue weighted by molar-refractivity contribution is -0.151. The molecule has 3 aliphatic rings. The Bertz CT molecular complexity index is 597. The van der Waals surface area contributed by atoms with Crippen LogP contribution in [0.25, 0.3) is 0 Å². The van der Waals surface area contributed by atoms with Crippen LogP contribution in [-0.2, 0) is 11.8 Å². The fourth-order valence-electron chi connectivity index (χ4n) is 5.86. The Hall–Kier alpha value is -1.06. The molecule has 1 saturated carbocycles. The van der Waals surface area contributed by atoms with Gasteiger partial charge in [0, 0.05) is 18.0 Å². The monoisotopic (exact) mass is 301 g/mol. The molecule has 1 heterocycles. The quantitative estimate of drug-likeness (QED) is 0.866. The standard InChI is InChI=1S/C19H27NO2/c1-18(21)12-20(2)17-10-13-7-8-14(22-3)11-16(13)19(18)9-5-4-6-15(17)19/h7-8,11,15,17,21H,4-6,9-10,12H2,1-3H3. The second-order valence-corrected chi connectivity index (χ2v) is 7.81. The van der Waals surface area contributed by atoms with Crippen molar-refractivity contribution in [2.24, 2.45) is 5.92 Å². The Morgan fingerprint density at radius 2 is 2.14 bits per heavy atom. The number of likely N-dealkylation sites (N-methyl/N-ethyl adjacent to an activating group) is 1. The molecule has 4 atom stereocenters. The molecule has 120 valence electrons. The van der Waals surface area contributed by atoms with Gasteiger partial charge < -0.3 is 9.84 Å². The molecule has 4 unspecified atom stereocenters. The molecule has 0 amide bonds. The van der Waals surface area contributed by atoms with Crippen molar-refractivity contribution < 1.29 is 9.84 Å². The smallest absolute Gasteiger partial charge is 0.119 e. The van der Waals surface area contributed by atoms with Gasteiger partial charge in [-0.05, 0) is 62.4 Å². The SMILES string of the molecule is COc1ccc2c(c1)C13CCCCC1C(C2)N(C)CC3(C)O. The zero-order valence-electron chi connectivity index (χ0n) is 13.9. The molecule has 2 bridgehead atoms. The summed E-state index contributed by atoms with van der Waals surface area (Å²) in [5, 5.41) is 11.5. The first-order valence-corrected chi connectivity index (χ1v) is 8.59. The zero-order valence-corrected chi connectivity index (χ0v) is 13.9. The third kappa shape index (κ3) is 1.70. The molecule has 1 aromatic carbocycles. The van der Waals surface area contributed by atoms with Crippen LogP contribution in [0.1, 0.15) is 43.7 Å². The van der Waals surface area contributed by atoms with E-state index in [9.17, 15) is 5.11 Å². The summed E-state index contributed by atoms with van der Waals surface area (Å²) >= 11 is 0. The number of methoxy groups -OCH3 is 1. The van der Waals surface area contributed by atoms with Gasteiger partial charge in [-0.25, -0.2) is 0 Å². The van der Waals surface area contributed by atoms with E-state index in [2.05, 4.69) is 37.1 Å². The predicted molar refractivity (Wildman–Crippen MR) is 87.4 cm³/mol. The number of rotatable bonds is 1. The van der Waals surface area contributed by atoms with Gasteiger partial charge in [-0.2, -0.15) is 0 Å². The molecular formula is C19H27NO2. The second-order valence-electron chi connectivity index (χ2n) is 7.81. The molecule has 22 heavy (non-hydrogen) atoms. The molecule has 3 heteroatoms. The largest absolute Gasteiger partial charge is 0.497 e. The maximum atomic E-state index is 11.5. The van der Waals surface area contributed by atoms with E-state index in [0.29, 0.717) is 12.0 Å². The Kier molecular flexibility index (Phi) is 3.11. The van der Waals surface area contributed by atoms with Gasteiger partial charge in [0.05, 0.1) is 12.7 Å². The molecule has 4 rings (SSSR count). The van der Waals surface area contributed by atoms with Crippen LogP contribution < -0.4 is 4.74 Å². The van der Waals surface area contributed by atoms with Crippen LogP contribution in [0.4, 0.5) is 0 Å². The molecule has 0 aromatic heterocycles. The van der Waals surface area contributed by atoms with E-state index in [-0.39, 0.29) is 5.41 Å². The number of piperidine rings is 1. The van der Waals surface area contributed by atoms with Gasteiger partial charge in [-0.1, -0.05) is 18.9 Å². The minimum absolute atomic E-state index is 0.0927. The van der Waals surface area contributed by atoms with Crippen molar-refractivity contribution in [3.8, 4) is 5.75 Å². The topological polar surface area (TPSA) is 32.7 Å². The van der Waals surface area contributed by atoms with Crippen molar-refractivity contribution in [2.45, 2.75) is 56.1 Å². The van der Waals surface area contributed by atoms with Gasteiger partial charge in [0.25, 0.3) is 0 Å². The van der Waals surface area contributed by atoms with Gasteiger partial charge in [0.1, 0.15) is 5.75 Å². The van der Waals surface area contributed by atoms with Crippen molar-refractivity contribution in [2.75, 3.05) is 20.7 Å². The number of nitrogens with zero attached hydrogens (tertiary/aromatic N) is 1. The van der Waals surface area contributed by atoms with E-state index in [1.165, 1.54) is 30.4 Å². The average Bonchev–Trinajstić information content (AvgIpc) is 2.51. The first-order chi connectivity index (χ1) is 10.5. The van der Waals surface area contributed by atoms with E-state index in [4.69, 9.17) is 4.74 Å². The van der Waals surface area contributed by atoms with Crippen molar-refractivity contribution in [1.82, 2.24) is 4.90 Å². The average molecular weight is 301 g/mol. The molecule has 3 nitrogen and oxygen atoms in total. The summed E-state index contributed by atoms with van der Waals surface area (Å²) in [5.41, 5.74) is 2.01. The Morgan fingerprint density at radius 3 is 2.91 bits per heavy atom. The highest BCUT2D eigenvalue weighted by Gasteiger charge is 2.62. The van der Waals surface area contributed by atoms with Crippen molar-refractivity contribution in [1.29, 1.82) is 0 Å². The molecular weight excluding hydrogens is 274 g/mol. The molecule has 1 saturated heterocycles. The number of likely N-dealkylation sites (tertiary alicyclic amines) is 1. The van der Waals surface area contributed by atoms with Crippen LogP contribution in [0.5, 0.6) is 5.75 Å². The fraction of sp³-hybridized carbons (Fsp3) is 0.684. The summed E-state index contributed by atoms with van der Waals surface area (Å²) in [5.74, 6) is 1.49. The molecule has 0 radical (unpaired) electrons. The van der Waals surface area contributed by atoms with Crippen LogP contribution in [0.15, 0.2) is 18.2 Å². The van der Waals surface area contributed by atoms with Crippen molar-refractivity contribution in [3.63, 3.8) is 0 Å². The first kappa shape index (κ1) is 14.5. The maximum Gasteiger partial charge on any atom is 0.119 e. The fourth-order valence-corrected chi connectivity index (χ4v) is 5.86. The zero-order chi connectivity index (χ0) is 15.5. The van der Waals surface area contributed by atoms with Crippen LogP contribution in [0.2, 0.25) is 0 Å². The second kappa shape index (κ2) is 4.72. The van der Waals surface area contributed by atoms with E-state index >= 15 is 0 Å². The number of aliphatic hydroxyl groups is 1. The summed E-state index contributed by atoms with van der Waals surface area (Å²) in [7, 11) is 3.92. The minimum atomic E-state index is -0.676.